The Morgan fingerprint density at radius 3 is 2.56 bits per heavy atom. The molecule has 1 aromatic carbocycles. The average Bonchev–Trinajstić information content (AvgIpc) is 2.39. The number of benzene rings is 1. The summed E-state index contributed by atoms with van der Waals surface area (Å²) in [7, 11) is 3.30. The normalized spacial score (nSPS) is 25.0. The number of methoxy groups -OCH3 is 2. The van der Waals surface area contributed by atoms with Crippen molar-refractivity contribution in [3.63, 3.8) is 0 Å². The summed E-state index contributed by atoms with van der Waals surface area (Å²) in [5.74, 6) is 0.909. The molecule has 2 unspecified atom stereocenters. The maximum Gasteiger partial charge on any atom is 0.180 e. The van der Waals surface area contributed by atoms with Crippen LogP contribution in [-0.4, -0.2) is 20.5 Å². The van der Waals surface area contributed by atoms with E-state index in [-0.39, 0.29) is 12.4 Å². The molecule has 3 heteroatoms. The van der Waals surface area contributed by atoms with Crippen LogP contribution in [0.25, 0.3) is 0 Å². The van der Waals surface area contributed by atoms with Gasteiger partial charge in [0.25, 0.3) is 0 Å². The van der Waals surface area contributed by atoms with Gasteiger partial charge in [-0.3, -0.25) is 0 Å². The van der Waals surface area contributed by atoms with Crippen LogP contribution >= 0.6 is 0 Å². The van der Waals surface area contributed by atoms with Crippen LogP contribution in [0.2, 0.25) is 0 Å². The molecule has 0 aromatic heterocycles. The molecule has 3 nitrogen and oxygen atoms in total. The van der Waals surface area contributed by atoms with Crippen molar-refractivity contribution >= 4 is 0 Å². The molecule has 16 heavy (non-hydrogen) atoms. The van der Waals surface area contributed by atoms with Gasteiger partial charge in [-0.2, -0.15) is 0 Å². The van der Waals surface area contributed by atoms with Gasteiger partial charge in [0, 0.05) is 19.6 Å². The maximum absolute atomic E-state index is 5.78. The van der Waals surface area contributed by atoms with E-state index < -0.39 is 0 Å². The molecular weight excluding hydrogens is 204 g/mol. The Balaban J connectivity index is 2.16. The van der Waals surface area contributed by atoms with Crippen LogP contribution < -0.4 is 0 Å². The molecule has 0 bridgehead atoms. The molecule has 86 valence electrons. The fourth-order valence-corrected chi connectivity index (χ4v) is 1.79. The Hall–Kier alpha value is -1.32. The first-order valence-corrected chi connectivity index (χ1v) is 5.31. The van der Waals surface area contributed by atoms with Crippen LogP contribution in [0.4, 0.5) is 0 Å². The van der Waals surface area contributed by atoms with Crippen LogP contribution in [0.15, 0.2) is 42.2 Å². The van der Waals surface area contributed by atoms with Crippen LogP contribution in [0, 0.1) is 0 Å². The van der Waals surface area contributed by atoms with E-state index in [0.717, 1.165) is 17.7 Å². The minimum Gasteiger partial charge on any atom is -0.501 e. The fraction of sp³-hybridized carbons (Fsp3) is 0.385. The predicted molar refractivity (Wildman–Crippen MR) is 60.8 cm³/mol. The highest BCUT2D eigenvalue weighted by Crippen LogP contribution is 2.31. The third-order valence-electron chi connectivity index (χ3n) is 2.67. The van der Waals surface area contributed by atoms with Crippen LogP contribution in [0.3, 0.4) is 0 Å². The lowest BCUT2D eigenvalue weighted by atomic mass is 10.0. The first kappa shape index (κ1) is 11.2. The second kappa shape index (κ2) is 5.14. The molecule has 0 spiro atoms. The molecule has 0 fully saturated rings. The van der Waals surface area contributed by atoms with Gasteiger partial charge in [0.05, 0.1) is 19.0 Å². The van der Waals surface area contributed by atoms with Gasteiger partial charge in [-0.25, -0.2) is 0 Å². The van der Waals surface area contributed by atoms with Gasteiger partial charge in [-0.15, -0.1) is 0 Å². The van der Waals surface area contributed by atoms with E-state index in [4.69, 9.17) is 14.2 Å². The van der Waals surface area contributed by atoms with Gasteiger partial charge in [0.1, 0.15) is 0 Å². The molecule has 0 aliphatic carbocycles. The first-order valence-electron chi connectivity index (χ1n) is 5.31. The van der Waals surface area contributed by atoms with Crippen molar-refractivity contribution in [2.45, 2.75) is 18.8 Å². The van der Waals surface area contributed by atoms with Gasteiger partial charge < -0.3 is 14.2 Å². The largest absolute Gasteiger partial charge is 0.501 e. The number of hydrogen-bond donors (Lipinski definition) is 0. The first-order chi connectivity index (χ1) is 7.83. The SMILES string of the molecule is COC1=CC(OC)OC(c2ccccc2)C1. The van der Waals surface area contributed by atoms with Crippen molar-refractivity contribution in [2.24, 2.45) is 0 Å². The third-order valence-corrected chi connectivity index (χ3v) is 2.67. The van der Waals surface area contributed by atoms with E-state index in [9.17, 15) is 0 Å². The quantitative estimate of drug-likeness (QED) is 0.783. The summed E-state index contributed by atoms with van der Waals surface area (Å²) in [6, 6.07) is 10.1. The molecule has 0 amide bonds. The zero-order valence-electron chi connectivity index (χ0n) is 9.55. The van der Waals surface area contributed by atoms with E-state index in [1.54, 1.807) is 14.2 Å². The molecule has 1 heterocycles. The van der Waals surface area contributed by atoms with Crippen molar-refractivity contribution in [3.8, 4) is 0 Å². The molecule has 0 saturated heterocycles. The van der Waals surface area contributed by atoms with E-state index in [0.29, 0.717) is 0 Å². The molecule has 0 saturated carbocycles. The Bertz CT molecular complexity index is 359. The fourth-order valence-electron chi connectivity index (χ4n) is 1.79. The van der Waals surface area contributed by atoms with Crippen molar-refractivity contribution in [3.05, 3.63) is 47.7 Å². The molecule has 0 N–H and O–H groups in total. The minimum absolute atomic E-state index is 0.00565. The number of hydrogen-bond acceptors (Lipinski definition) is 3. The standard InChI is InChI=1S/C13H16O3/c1-14-11-8-12(16-13(9-11)15-2)10-6-4-3-5-7-10/h3-7,9,12-13H,8H2,1-2H3. The lowest BCUT2D eigenvalue weighted by Crippen LogP contribution is -2.22. The maximum atomic E-state index is 5.78. The Morgan fingerprint density at radius 2 is 1.94 bits per heavy atom. The lowest BCUT2D eigenvalue weighted by molar-refractivity contribution is -0.141. The van der Waals surface area contributed by atoms with Crippen molar-refractivity contribution in [1.82, 2.24) is 0 Å². The lowest BCUT2D eigenvalue weighted by Gasteiger charge is -2.28. The van der Waals surface area contributed by atoms with E-state index in [2.05, 4.69) is 12.1 Å². The highest BCUT2D eigenvalue weighted by atomic mass is 16.7. The van der Waals surface area contributed by atoms with Crippen LogP contribution in [0.1, 0.15) is 18.1 Å². The summed E-state index contributed by atoms with van der Waals surface area (Å²) in [4.78, 5) is 0. The molecule has 1 aliphatic rings. The summed E-state index contributed by atoms with van der Waals surface area (Å²) in [6.07, 6.45) is 2.29. The molecule has 2 rings (SSSR count). The summed E-state index contributed by atoms with van der Waals surface area (Å²) < 4.78 is 16.2. The Labute approximate surface area is 95.6 Å². The molecule has 0 radical (unpaired) electrons. The summed E-state index contributed by atoms with van der Waals surface area (Å²) in [6.45, 7) is 0. The average molecular weight is 220 g/mol. The number of rotatable bonds is 3. The summed E-state index contributed by atoms with van der Waals surface area (Å²) in [5.41, 5.74) is 1.15. The topological polar surface area (TPSA) is 27.7 Å². The minimum atomic E-state index is -0.325. The monoisotopic (exact) mass is 220 g/mol. The van der Waals surface area contributed by atoms with E-state index in [1.807, 2.05) is 24.3 Å². The summed E-state index contributed by atoms with van der Waals surface area (Å²) >= 11 is 0. The third kappa shape index (κ3) is 2.43. The second-order valence-electron chi connectivity index (χ2n) is 3.68. The molecule has 1 aliphatic heterocycles. The van der Waals surface area contributed by atoms with E-state index >= 15 is 0 Å². The van der Waals surface area contributed by atoms with Gasteiger partial charge in [-0.1, -0.05) is 30.3 Å². The van der Waals surface area contributed by atoms with Gasteiger partial charge in [-0.05, 0) is 5.56 Å². The van der Waals surface area contributed by atoms with Crippen LogP contribution in [0.5, 0.6) is 0 Å². The highest BCUT2D eigenvalue weighted by Gasteiger charge is 2.24. The van der Waals surface area contributed by atoms with Crippen LogP contribution in [-0.2, 0) is 14.2 Å². The Kier molecular flexibility index (Phi) is 3.59. The molecule has 2 atom stereocenters. The van der Waals surface area contributed by atoms with Crippen molar-refractivity contribution in [2.75, 3.05) is 14.2 Å². The zero-order chi connectivity index (χ0) is 11.4. The molecular formula is C13H16O3. The second-order valence-corrected chi connectivity index (χ2v) is 3.68. The molecule has 1 aromatic rings. The summed E-state index contributed by atoms with van der Waals surface area (Å²) in [5, 5.41) is 0. The van der Waals surface area contributed by atoms with Gasteiger partial charge in [0.2, 0.25) is 0 Å². The van der Waals surface area contributed by atoms with Gasteiger partial charge in [0.15, 0.2) is 6.29 Å². The van der Waals surface area contributed by atoms with E-state index in [1.165, 1.54) is 0 Å². The highest BCUT2D eigenvalue weighted by molar-refractivity contribution is 5.20. The Morgan fingerprint density at radius 1 is 1.19 bits per heavy atom. The predicted octanol–water partition coefficient (Wildman–Crippen LogP) is 2.65. The number of ether oxygens (including phenoxy) is 3. The van der Waals surface area contributed by atoms with Crippen molar-refractivity contribution in [1.29, 1.82) is 0 Å². The zero-order valence-corrected chi connectivity index (χ0v) is 9.55. The van der Waals surface area contributed by atoms with Crippen molar-refractivity contribution < 1.29 is 14.2 Å². The van der Waals surface area contributed by atoms with Gasteiger partial charge >= 0.3 is 0 Å². The smallest absolute Gasteiger partial charge is 0.180 e.